The number of nitrogens with zero attached hydrogens (tertiary/aromatic N) is 2. The minimum absolute atomic E-state index is 0.0800. The molecule has 0 spiro atoms. The zero-order chi connectivity index (χ0) is 20.3. The molecular formula is C22H17FN2O3S. The van der Waals surface area contributed by atoms with Crippen LogP contribution in [0.15, 0.2) is 58.3 Å². The van der Waals surface area contributed by atoms with Crippen molar-refractivity contribution >= 4 is 23.2 Å². The average molecular weight is 408 g/mol. The molecule has 3 heterocycles. The van der Waals surface area contributed by atoms with E-state index in [-0.39, 0.29) is 17.2 Å². The summed E-state index contributed by atoms with van der Waals surface area (Å²) in [5.74, 6) is -0.382. The molecule has 5 nitrogen and oxygen atoms in total. The number of thiazole rings is 1. The van der Waals surface area contributed by atoms with Crippen LogP contribution in [0.25, 0.3) is 6.08 Å². The standard InChI is InChI=1S/C22H17FN2O3S/c1-12(26)18-19-15-5-3-4-6-16(15)28-22(18,2)24-21-25(19)20(27)17(29-21)11-13-7-9-14(23)10-8-13/h3-11,18-19H,1-2H3/b17-11-. The van der Waals surface area contributed by atoms with Gasteiger partial charge >= 0.3 is 0 Å². The lowest BCUT2D eigenvalue weighted by atomic mass is 9.79. The number of fused-ring (bicyclic) bond motifs is 6. The summed E-state index contributed by atoms with van der Waals surface area (Å²) in [4.78, 5) is 31.1. The van der Waals surface area contributed by atoms with Gasteiger partial charge in [0.2, 0.25) is 5.72 Å². The van der Waals surface area contributed by atoms with Crippen LogP contribution in [0, 0.1) is 11.7 Å². The van der Waals surface area contributed by atoms with E-state index in [0.29, 0.717) is 15.1 Å². The second-order valence-electron chi connectivity index (χ2n) is 7.46. The molecule has 0 aliphatic carbocycles. The number of Topliss-reactive ketones (excluding diaryl/α,β-unsaturated/α-hetero) is 1. The lowest BCUT2D eigenvalue weighted by Gasteiger charge is -2.45. The number of halogens is 1. The van der Waals surface area contributed by atoms with Gasteiger partial charge in [-0.1, -0.05) is 41.7 Å². The topological polar surface area (TPSA) is 60.7 Å². The molecule has 2 aliphatic heterocycles. The Morgan fingerprint density at radius 3 is 2.69 bits per heavy atom. The molecule has 0 amide bonds. The van der Waals surface area contributed by atoms with Gasteiger partial charge in [0, 0.05) is 5.56 Å². The van der Waals surface area contributed by atoms with Crippen LogP contribution >= 0.6 is 11.3 Å². The molecule has 146 valence electrons. The van der Waals surface area contributed by atoms with Gasteiger partial charge in [0.15, 0.2) is 4.80 Å². The van der Waals surface area contributed by atoms with Gasteiger partial charge in [-0.15, -0.1) is 0 Å². The van der Waals surface area contributed by atoms with Crippen molar-refractivity contribution in [2.75, 3.05) is 0 Å². The second kappa shape index (κ2) is 6.22. The molecule has 0 saturated carbocycles. The molecular weight excluding hydrogens is 391 g/mol. The summed E-state index contributed by atoms with van der Waals surface area (Å²) in [5, 5.41) is 0. The second-order valence-corrected chi connectivity index (χ2v) is 8.47. The number of ether oxygens (including phenoxy) is 1. The van der Waals surface area contributed by atoms with Gasteiger partial charge in [-0.3, -0.25) is 14.2 Å². The number of carbonyl (C=O) groups is 1. The quantitative estimate of drug-likeness (QED) is 0.654. The van der Waals surface area contributed by atoms with E-state index in [4.69, 9.17) is 9.73 Å². The molecule has 2 aliphatic rings. The number of rotatable bonds is 2. The Morgan fingerprint density at radius 2 is 1.97 bits per heavy atom. The number of carbonyl (C=O) groups excluding carboxylic acids is 1. The summed E-state index contributed by atoms with van der Waals surface area (Å²) in [6.07, 6.45) is 1.72. The highest BCUT2D eigenvalue weighted by Crippen LogP contribution is 2.47. The summed E-state index contributed by atoms with van der Waals surface area (Å²) in [5.41, 5.74) is 0.231. The van der Waals surface area contributed by atoms with Crippen molar-refractivity contribution in [1.29, 1.82) is 0 Å². The molecule has 7 heteroatoms. The third-order valence-corrected chi connectivity index (χ3v) is 6.47. The molecule has 2 aromatic carbocycles. The predicted molar refractivity (Wildman–Crippen MR) is 107 cm³/mol. The molecule has 0 radical (unpaired) electrons. The van der Waals surface area contributed by atoms with E-state index in [0.717, 1.165) is 11.1 Å². The maximum absolute atomic E-state index is 13.3. The van der Waals surface area contributed by atoms with Crippen molar-refractivity contribution in [1.82, 2.24) is 4.57 Å². The highest BCUT2D eigenvalue weighted by atomic mass is 32.1. The third kappa shape index (κ3) is 2.68. The van der Waals surface area contributed by atoms with Crippen LogP contribution in [0.5, 0.6) is 5.75 Å². The van der Waals surface area contributed by atoms with Crippen LogP contribution in [0.4, 0.5) is 4.39 Å². The predicted octanol–water partition coefficient (Wildman–Crippen LogP) is 2.41. The molecule has 5 rings (SSSR count). The first-order valence-electron chi connectivity index (χ1n) is 9.24. The zero-order valence-corrected chi connectivity index (χ0v) is 16.6. The number of aromatic nitrogens is 1. The van der Waals surface area contributed by atoms with Crippen LogP contribution in [-0.2, 0) is 4.79 Å². The average Bonchev–Trinajstić information content (AvgIpc) is 2.96. The van der Waals surface area contributed by atoms with Crippen LogP contribution in [-0.4, -0.2) is 16.1 Å². The van der Waals surface area contributed by atoms with Crippen molar-refractivity contribution in [2.45, 2.75) is 25.6 Å². The van der Waals surface area contributed by atoms with E-state index in [1.54, 1.807) is 29.7 Å². The summed E-state index contributed by atoms with van der Waals surface area (Å²) in [6.45, 7) is 3.30. The Balaban J connectivity index is 1.80. The van der Waals surface area contributed by atoms with Gasteiger partial charge in [-0.05, 0) is 43.7 Å². The van der Waals surface area contributed by atoms with E-state index in [1.807, 2.05) is 24.3 Å². The fourth-order valence-corrected chi connectivity index (χ4v) is 5.37. The fourth-order valence-electron chi connectivity index (χ4n) is 4.27. The van der Waals surface area contributed by atoms with E-state index < -0.39 is 17.7 Å². The van der Waals surface area contributed by atoms with E-state index >= 15 is 0 Å². The Kier molecular flexibility index (Phi) is 3.86. The molecule has 0 fully saturated rings. The third-order valence-electron chi connectivity index (χ3n) is 5.49. The highest BCUT2D eigenvalue weighted by molar-refractivity contribution is 7.07. The Labute approximate surface area is 169 Å². The molecule has 0 saturated heterocycles. The monoisotopic (exact) mass is 408 g/mol. The van der Waals surface area contributed by atoms with E-state index in [9.17, 15) is 14.0 Å². The molecule has 2 bridgehead atoms. The van der Waals surface area contributed by atoms with Crippen LogP contribution in [0.1, 0.15) is 31.0 Å². The largest absolute Gasteiger partial charge is 0.465 e. The number of hydrogen-bond donors (Lipinski definition) is 0. The maximum atomic E-state index is 13.3. The van der Waals surface area contributed by atoms with E-state index in [1.165, 1.54) is 30.4 Å². The van der Waals surface area contributed by atoms with Crippen LogP contribution in [0.3, 0.4) is 0 Å². The smallest absolute Gasteiger partial charge is 0.270 e. The Morgan fingerprint density at radius 1 is 1.24 bits per heavy atom. The lowest BCUT2D eigenvalue weighted by Crippen LogP contribution is -2.58. The van der Waals surface area contributed by atoms with Crippen molar-refractivity contribution in [2.24, 2.45) is 10.9 Å². The Hall–Kier alpha value is -3.06. The van der Waals surface area contributed by atoms with Gasteiger partial charge in [0.25, 0.3) is 5.56 Å². The summed E-state index contributed by atoms with van der Waals surface area (Å²) in [7, 11) is 0. The van der Waals surface area contributed by atoms with Crippen LogP contribution in [0.2, 0.25) is 0 Å². The minimum atomic E-state index is -1.07. The first-order chi connectivity index (χ1) is 13.9. The summed E-state index contributed by atoms with van der Waals surface area (Å²) < 4.78 is 21.4. The number of benzene rings is 2. The van der Waals surface area contributed by atoms with Crippen molar-refractivity contribution in [3.63, 3.8) is 0 Å². The summed E-state index contributed by atoms with van der Waals surface area (Å²) >= 11 is 1.25. The minimum Gasteiger partial charge on any atom is -0.465 e. The first kappa shape index (κ1) is 18.0. The van der Waals surface area contributed by atoms with E-state index in [2.05, 4.69) is 0 Å². The molecule has 1 aromatic heterocycles. The van der Waals surface area contributed by atoms with Gasteiger partial charge in [-0.25, -0.2) is 9.38 Å². The maximum Gasteiger partial charge on any atom is 0.270 e. The Bertz CT molecular complexity index is 1330. The molecule has 3 unspecified atom stereocenters. The van der Waals surface area contributed by atoms with Crippen LogP contribution < -0.4 is 19.6 Å². The molecule has 3 aromatic rings. The number of hydrogen-bond acceptors (Lipinski definition) is 5. The van der Waals surface area contributed by atoms with Gasteiger partial charge in [0.05, 0.1) is 10.6 Å². The molecule has 3 atom stereocenters. The summed E-state index contributed by atoms with van der Waals surface area (Å²) in [6, 6.07) is 12.9. The molecule has 0 N–H and O–H groups in total. The zero-order valence-electron chi connectivity index (χ0n) is 15.8. The lowest BCUT2D eigenvalue weighted by molar-refractivity contribution is -0.132. The SMILES string of the molecule is CC(=O)C1C2c3ccccc3OC1(C)N=c1s/c(=C\c3ccc(F)cc3)c(=O)n12. The van der Waals surface area contributed by atoms with Crippen molar-refractivity contribution in [3.8, 4) is 5.75 Å². The van der Waals surface area contributed by atoms with Crippen molar-refractivity contribution < 1.29 is 13.9 Å². The number of para-hydroxylation sites is 1. The van der Waals surface area contributed by atoms with Gasteiger partial charge in [-0.2, -0.15) is 0 Å². The van der Waals surface area contributed by atoms with Gasteiger partial charge < -0.3 is 4.74 Å². The number of ketones is 1. The highest BCUT2D eigenvalue weighted by Gasteiger charge is 2.53. The molecule has 29 heavy (non-hydrogen) atoms. The van der Waals surface area contributed by atoms with Crippen molar-refractivity contribution in [3.05, 3.63) is 85.2 Å². The first-order valence-corrected chi connectivity index (χ1v) is 10.1. The normalized spacial score (nSPS) is 24.9. The van der Waals surface area contributed by atoms with Gasteiger partial charge in [0.1, 0.15) is 23.3 Å². The fraction of sp³-hybridized carbons (Fsp3) is 0.227.